The van der Waals surface area contributed by atoms with Crippen molar-refractivity contribution < 1.29 is 14.0 Å². The first-order valence-corrected chi connectivity index (χ1v) is 9.36. The third-order valence-corrected chi connectivity index (χ3v) is 4.75. The Kier molecular flexibility index (Phi) is 5.59. The van der Waals surface area contributed by atoms with Gasteiger partial charge in [-0.05, 0) is 17.7 Å². The van der Waals surface area contributed by atoms with Crippen LogP contribution < -0.4 is 4.74 Å². The summed E-state index contributed by atoms with van der Waals surface area (Å²) in [5.41, 5.74) is 2.74. The molecule has 1 aromatic carbocycles. The van der Waals surface area contributed by atoms with Gasteiger partial charge in [-0.1, -0.05) is 24.2 Å². The standard InChI is InChI=1S/C20H23N5O3/c1-3-18-23-20(24-28-18)16-10-21-13-22-19(16)17-12-25(7-8-27-17)11-14-5-4-6-15(9-14)26-2/h4-6,9-10,13,17H,3,7-8,11-12H2,1-2H3. The van der Waals surface area contributed by atoms with E-state index < -0.39 is 0 Å². The highest BCUT2D eigenvalue weighted by atomic mass is 16.5. The zero-order valence-corrected chi connectivity index (χ0v) is 16.0. The van der Waals surface area contributed by atoms with E-state index in [9.17, 15) is 0 Å². The van der Waals surface area contributed by atoms with Gasteiger partial charge in [0, 0.05) is 32.3 Å². The first-order valence-electron chi connectivity index (χ1n) is 9.36. The first kappa shape index (κ1) is 18.5. The number of aromatic nitrogens is 4. The molecule has 0 amide bonds. The van der Waals surface area contributed by atoms with Crippen molar-refractivity contribution in [2.24, 2.45) is 0 Å². The van der Waals surface area contributed by atoms with Gasteiger partial charge in [0.1, 0.15) is 18.2 Å². The molecule has 0 bridgehead atoms. The molecule has 0 aliphatic carbocycles. The normalized spacial score (nSPS) is 17.6. The van der Waals surface area contributed by atoms with Crippen LogP contribution >= 0.6 is 0 Å². The lowest BCUT2D eigenvalue weighted by Gasteiger charge is -2.33. The average molecular weight is 381 g/mol. The average Bonchev–Trinajstić information content (AvgIpc) is 3.23. The van der Waals surface area contributed by atoms with Crippen LogP contribution in [0.5, 0.6) is 5.75 Å². The van der Waals surface area contributed by atoms with E-state index >= 15 is 0 Å². The van der Waals surface area contributed by atoms with E-state index in [4.69, 9.17) is 14.0 Å². The maximum absolute atomic E-state index is 6.03. The minimum atomic E-state index is -0.180. The largest absolute Gasteiger partial charge is 0.497 e. The smallest absolute Gasteiger partial charge is 0.226 e. The SMILES string of the molecule is CCc1nc(-c2cncnc2C2CN(Cc3cccc(OC)c3)CCO2)no1. The summed E-state index contributed by atoms with van der Waals surface area (Å²) in [6, 6.07) is 8.13. The molecule has 1 aliphatic rings. The van der Waals surface area contributed by atoms with E-state index in [0.717, 1.165) is 36.6 Å². The predicted octanol–water partition coefficient (Wildman–Crippen LogP) is 2.67. The van der Waals surface area contributed by atoms with Gasteiger partial charge >= 0.3 is 0 Å². The second kappa shape index (κ2) is 8.45. The van der Waals surface area contributed by atoms with Crippen LogP contribution in [0.25, 0.3) is 11.4 Å². The minimum absolute atomic E-state index is 0.180. The lowest BCUT2D eigenvalue weighted by Crippen LogP contribution is -2.38. The van der Waals surface area contributed by atoms with Crippen molar-refractivity contribution in [2.75, 3.05) is 26.8 Å². The Balaban J connectivity index is 1.53. The van der Waals surface area contributed by atoms with E-state index in [-0.39, 0.29) is 6.10 Å². The molecule has 0 spiro atoms. The number of morpholine rings is 1. The maximum Gasteiger partial charge on any atom is 0.226 e. The van der Waals surface area contributed by atoms with Crippen molar-refractivity contribution in [1.82, 2.24) is 25.0 Å². The van der Waals surface area contributed by atoms with Gasteiger partial charge in [-0.2, -0.15) is 4.98 Å². The van der Waals surface area contributed by atoms with Crippen LogP contribution in [0.3, 0.4) is 0 Å². The predicted molar refractivity (Wildman–Crippen MR) is 102 cm³/mol. The number of ether oxygens (including phenoxy) is 2. The van der Waals surface area contributed by atoms with Crippen LogP contribution in [0.15, 0.2) is 41.3 Å². The lowest BCUT2D eigenvalue weighted by atomic mass is 10.1. The van der Waals surface area contributed by atoms with Crippen molar-refractivity contribution in [1.29, 1.82) is 0 Å². The number of methoxy groups -OCH3 is 1. The third kappa shape index (κ3) is 4.02. The highest BCUT2D eigenvalue weighted by Gasteiger charge is 2.27. The van der Waals surface area contributed by atoms with Crippen molar-refractivity contribution in [2.45, 2.75) is 26.0 Å². The summed E-state index contributed by atoms with van der Waals surface area (Å²) in [4.78, 5) is 15.4. The van der Waals surface area contributed by atoms with Crippen LogP contribution in [-0.4, -0.2) is 51.8 Å². The Morgan fingerprint density at radius 2 is 2.25 bits per heavy atom. The van der Waals surface area contributed by atoms with Gasteiger partial charge in [0.2, 0.25) is 11.7 Å². The summed E-state index contributed by atoms with van der Waals surface area (Å²) < 4.78 is 16.6. The van der Waals surface area contributed by atoms with Crippen molar-refractivity contribution in [3.8, 4) is 17.1 Å². The fraction of sp³-hybridized carbons (Fsp3) is 0.400. The molecule has 146 valence electrons. The summed E-state index contributed by atoms with van der Waals surface area (Å²) in [6.07, 6.45) is 3.76. The first-order chi connectivity index (χ1) is 13.8. The summed E-state index contributed by atoms with van der Waals surface area (Å²) >= 11 is 0. The molecule has 1 unspecified atom stereocenters. The Morgan fingerprint density at radius 3 is 3.07 bits per heavy atom. The molecule has 0 radical (unpaired) electrons. The second-order valence-corrected chi connectivity index (χ2v) is 6.63. The fourth-order valence-electron chi connectivity index (χ4n) is 3.32. The Bertz CT molecular complexity index is 929. The van der Waals surface area contributed by atoms with Crippen molar-refractivity contribution in [3.63, 3.8) is 0 Å². The summed E-state index contributed by atoms with van der Waals surface area (Å²) in [5.74, 6) is 1.96. The van der Waals surface area contributed by atoms with Gasteiger partial charge in [0.25, 0.3) is 0 Å². The molecule has 8 heteroatoms. The molecule has 0 saturated carbocycles. The molecule has 0 N–H and O–H groups in total. The zero-order valence-electron chi connectivity index (χ0n) is 16.0. The molecule has 3 aromatic rings. The number of hydrogen-bond donors (Lipinski definition) is 0. The number of rotatable bonds is 6. The molecule has 3 heterocycles. The molecule has 1 saturated heterocycles. The molecule has 8 nitrogen and oxygen atoms in total. The highest BCUT2D eigenvalue weighted by molar-refractivity contribution is 5.56. The minimum Gasteiger partial charge on any atom is -0.497 e. The molecule has 2 aromatic heterocycles. The number of hydrogen-bond acceptors (Lipinski definition) is 8. The van der Waals surface area contributed by atoms with Crippen LogP contribution in [0.2, 0.25) is 0 Å². The lowest BCUT2D eigenvalue weighted by molar-refractivity contribution is -0.0347. The van der Waals surface area contributed by atoms with E-state index in [1.54, 1.807) is 13.3 Å². The third-order valence-electron chi connectivity index (χ3n) is 4.75. The molecule has 1 fully saturated rings. The van der Waals surface area contributed by atoms with Gasteiger partial charge < -0.3 is 14.0 Å². The van der Waals surface area contributed by atoms with E-state index in [0.29, 0.717) is 24.7 Å². The van der Waals surface area contributed by atoms with Crippen LogP contribution in [0.1, 0.15) is 30.2 Å². The summed E-state index contributed by atoms with van der Waals surface area (Å²) in [7, 11) is 1.68. The summed E-state index contributed by atoms with van der Waals surface area (Å²) in [5, 5.41) is 4.07. The van der Waals surface area contributed by atoms with Gasteiger partial charge in [-0.15, -0.1) is 0 Å². The van der Waals surface area contributed by atoms with Crippen LogP contribution in [0.4, 0.5) is 0 Å². The number of benzene rings is 1. The summed E-state index contributed by atoms with van der Waals surface area (Å²) in [6.45, 7) is 5.00. The zero-order chi connectivity index (χ0) is 19.3. The number of aryl methyl sites for hydroxylation is 1. The van der Waals surface area contributed by atoms with Gasteiger partial charge in [-0.25, -0.2) is 9.97 Å². The Hall–Kier alpha value is -2.84. The molecular formula is C20H23N5O3. The monoisotopic (exact) mass is 381 g/mol. The van der Waals surface area contributed by atoms with Crippen LogP contribution in [-0.2, 0) is 17.7 Å². The molecule has 1 aliphatic heterocycles. The maximum atomic E-state index is 6.03. The van der Waals surface area contributed by atoms with E-state index in [1.165, 1.54) is 11.9 Å². The van der Waals surface area contributed by atoms with Gasteiger partial charge in [0.05, 0.1) is 25.0 Å². The topological polar surface area (TPSA) is 86.4 Å². The Morgan fingerprint density at radius 1 is 1.32 bits per heavy atom. The quantitative estimate of drug-likeness (QED) is 0.644. The number of nitrogens with zero attached hydrogens (tertiary/aromatic N) is 5. The fourth-order valence-corrected chi connectivity index (χ4v) is 3.32. The molecule has 28 heavy (non-hydrogen) atoms. The van der Waals surface area contributed by atoms with Crippen molar-refractivity contribution in [3.05, 3.63) is 53.9 Å². The van der Waals surface area contributed by atoms with E-state index in [2.05, 4.69) is 37.1 Å². The highest BCUT2D eigenvalue weighted by Crippen LogP contribution is 2.29. The second-order valence-electron chi connectivity index (χ2n) is 6.63. The van der Waals surface area contributed by atoms with Crippen molar-refractivity contribution >= 4 is 0 Å². The van der Waals surface area contributed by atoms with Crippen LogP contribution in [0, 0.1) is 0 Å². The van der Waals surface area contributed by atoms with E-state index in [1.807, 2.05) is 19.1 Å². The van der Waals surface area contributed by atoms with Gasteiger partial charge in [0.15, 0.2) is 0 Å². The Labute approximate surface area is 163 Å². The van der Waals surface area contributed by atoms with Gasteiger partial charge in [-0.3, -0.25) is 4.90 Å². The molecular weight excluding hydrogens is 358 g/mol. The molecule has 1 atom stereocenters. The molecule has 4 rings (SSSR count).